The fraction of sp³-hybridized carbons (Fsp3) is 0.600. The Kier molecular flexibility index (Phi) is 3.70. The number of hydrogen-bond acceptors (Lipinski definition) is 5. The highest BCUT2D eigenvalue weighted by Crippen LogP contribution is 2.31. The van der Waals surface area contributed by atoms with E-state index < -0.39 is 35.7 Å². The number of nitrogens with one attached hydrogen (secondary N) is 1. The zero-order chi connectivity index (χ0) is 14.0. The molecule has 1 fully saturated rings. The highest BCUT2D eigenvalue weighted by Gasteiger charge is 2.43. The molecule has 2 rings (SSSR count). The van der Waals surface area contributed by atoms with Gasteiger partial charge in [-0.3, -0.25) is 14.3 Å². The maximum absolute atomic E-state index is 11.6. The van der Waals surface area contributed by atoms with Crippen LogP contribution in [0, 0.1) is 0 Å². The summed E-state index contributed by atoms with van der Waals surface area (Å²) in [7, 11) is 0. The van der Waals surface area contributed by atoms with E-state index >= 15 is 0 Å². The molecule has 102 valence electrons. The van der Waals surface area contributed by atoms with Crippen LogP contribution in [0.5, 0.6) is 0 Å². The molecule has 0 bridgehead atoms. The summed E-state index contributed by atoms with van der Waals surface area (Å²) in [4.78, 5) is 27.4. The number of rotatable bonds is 3. The molecule has 1 aromatic rings. The maximum atomic E-state index is 11.6. The molecule has 1 aliphatic rings. The van der Waals surface area contributed by atoms with E-state index in [2.05, 4.69) is 15.0 Å². The molecule has 9 nitrogen and oxygen atoms in total. The van der Waals surface area contributed by atoms with Gasteiger partial charge in [0.15, 0.2) is 6.23 Å². The van der Waals surface area contributed by atoms with Crippen molar-refractivity contribution >= 4 is 0 Å². The zero-order valence-corrected chi connectivity index (χ0v) is 10.1. The number of aliphatic hydroxyl groups excluding tert-OH is 1. The number of ether oxygens (including phenoxy) is 1. The molecule has 0 aromatic carbocycles. The minimum Gasteiger partial charge on any atom is -0.388 e. The van der Waals surface area contributed by atoms with Crippen molar-refractivity contribution in [3.63, 3.8) is 0 Å². The van der Waals surface area contributed by atoms with Gasteiger partial charge in [-0.05, 0) is 12.0 Å². The standard InChI is InChI=1S/C10H13N5O4/c1-2-5-7(13-14-11)8(17)9(19-5)15-4-3-6(16)12-10(15)18/h3-5,7-9,17H,2H2,1H3,(H,12,16,18)/t5-,7?,8+,9-/m1/s1. The Morgan fingerprint density at radius 2 is 2.37 bits per heavy atom. The van der Waals surface area contributed by atoms with Crippen LogP contribution in [-0.2, 0) is 4.74 Å². The lowest BCUT2D eigenvalue weighted by molar-refractivity contribution is -0.0404. The molecule has 0 radical (unpaired) electrons. The summed E-state index contributed by atoms with van der Waals surface area (Å²) in [5.41, 5.74) is 7.26. The molecular formula is C10H13N5O4. The van der Waals surface area contributed by atoms with Crippen LogP contribution < -0.4 is 11.2 Å². The van der Waals surface area contributed by atoms with Crippen LogP contribution in [0.15, 0.2) is 27.0 Å². The average Bonchev–Trinajstić information content (AvgIpc) is 2.68. The van der Waals surface area contributed by atoms with Crippen molar-refractivity contribution in [2.24, 2.45) is 5.11 Å². The summed E-state index contributed by atoms with van der Waals surface area (Å²) < 4.78 is 6.59. The molecule has 0 saturated carbocycles. The van der Waals surface area contributed by atoms with E-state index in [0.717, 1.165) is 10.6 Å². The van der Waals surface area contributed by atoms with Gasteiger partial charge >= 0.3 is 5.69 Å². The Bertz CT molecular complexity index is 617. The predicted octanol–water partition coefficient (Wildman–Crippen LogP) is -0.116. The van der Waals surface area contributed by atoms with E-state index in [1.807, 2.05) is 6.92 Å². The molecule has 0 amide bonds. The second-order valence-corrected chi connectivity index (χ2v) is 4.18. The summed E-state index contributed by atoms with van der Waals surface area (Å²) in [6.45, 7) is 1.81. The highest BCUT2D eigenvalue weighted by atomic mass is 16.5. The normalized spacial score (nSPS) is 30.0. The van der Waals surface area contributed by atoms with Gasteiger partial charge in [-0.15, -0.1) is 0 Å². The van der Waals surface area contributed by atoms with E-state index in [0.29, 0.717) is 6.42 Å². The Balaban J connectivity index is 2.38. The Morgan fingerprint density at radius 1 is 1.63 bits per heavy atom. The average molecular weight is 267 g/mol. The van der Waals surface area contributed by atoms with Gasteiger partial charge in [0.25, 0.3) is 5.56 Å². The van der Waals surface area contributed by atoms with Crippen LogP contribution in [0.25, 0.3) is 10.4 Å². The number of azide groups is 1. The third-order valence-electron chi connectivity index (χ3n) is 3.05. The van der Waals surface area contributed by atoms with Gasteiger partial charge in [0.1, 0.15) is 6.10 Å². The molecule has 2 N–H and O–H groups in total. The predicted molar refractivity (Wildman–Crippen MR) is 64.5 cm³/mol. The third-order valence-corrected chi connectivity index (χ3v) is 3.05. The van der Waals surface area contributed by atoms with E-state index in [9.17, 15) is 14.7 Å². The van der Waals surface area contributed by atoms with Gasteiger partial charge in [-0.1, -0.05) is 12.0 Å². The lowest BCUT2D eigenvalue weighted by Gasteiger charge is -2.16. The first-order valence-electron chi connectivity index (χ1n) is 5.77. The summed E-state index contributed by atoms with van der Waals surface area (Å²) in [5.74, 6) is 0. The van der Waals surface area contributed by atoms with Gasteiger partial charge in [-0.2, -0.15) is 0 Å². The summed E-state index contributed by atoms with van der Waals surface area (Å²) in [5, 5.41) is 13.6. The summed E-state index contributed by atoms with van der Waals surface area (Å²) in [6, 6.07) is 0.387. The quantitative estimate of drug-likeness (QED) is 0.448. The largest absolute Gasteiger partial charge is 0.388 e. The van der Waals surface area contributed by atoms with Crippen LogP contribution in [0.2, 0.25) is 0 Å². The summed E-state index contributed by atoms with van der Waals surface area (Å²) in [6.07, 6.45) is -0.848. The zero-order valence-electron chi connectivity index (χ0n) is 10.1. The maximum Gasteiger partial charge on any atom is 0.330 e. The second kappa shape index (κ2) is 5.27. The first-order chi connectivity index (χ1) is 9.08. The molecule has 9 heteroatoms. The van der Waals surface area contributed by atoms with Crippen molar-refractivity contribution in [3.8, 4) is 0 Å². The van der Waals surface area contributed by atoms with E-state index in [1.54, 1.807) is 0 Å². The minimum atomic E-state index is -1.15. The van der Waals surface area contributed by atoms with Gasteiger partial charge in [0.2, 0.25) is 0 Å². The molecule has 0 aliphatic carbocycles. The Hall–Kier alpha value is -2.09. The van der Waals surface area contributed by atoms with Gasteiger partial charge in [0, 0.05) is 17.2 Å². The SMILES string of the molecule is CC[C@H]1O[C@@H](n2ccc(=O)[nH]c2=O)[C@@H](O)C1N=[N+]=[N-]. The molecule has 19 heavy (non-hydrogen) atoms. The van der Waals surface area contributed by atoms with Crippen molar-refractivity contribution in [1.29, 1.82) is 0 Å². The van der Waals surface area contributed by atoms with E-state index in [1.165, 1.54) is 6.20 Å². The van der Waals surface area contributed by atoms with E-state index in [4.69, 9.17) is 10.3 Å². The lowest BCUT2D eigenvalue weighted by atomic mass is 10.1. The van der Waals surface area contributed by atoms with Crippen molar-refractivity contribution in [1.82, 2.24) is 9.55 Å². The van der Waals surface area contributed by atoms with Crippen molar-refractivity contribution in [3.05, 3.63) is 43.5 Å². The molecule has 2 heterocycles. The molecule has 1 unspecified atom stereocenters. The van der Waals surface area contributed by atoms with Gasteiger partial charge < -0.3 is 9.84 Å². The fourth-order valence-electron chi connectivity index (χ4n) is 2.13. The lowest BCUT2D eigenvalue weighted by Crippen LogP contribution is -2.36. The van der Waals surface area contributed by atoms with Crippen LogP contribution in [0.3, 0.4) is 0 Å². The number of aromatic amines is 1. The Labute approximate surface area is 107 Å². The van der Waals surface area contributed by atoms with Gasteiger partial charge in [0.05, 0.1) is 12.1 Å². The van der Waals surface area contributed by atoms with Crippen molar-refractivity contribution < 1.29 is 9.84 Å². The van der Waals surface area contributed by atoms with Crippen LogP contribution in [0.4, 0.5) is 0 Å². The van der Waals surface area contributed by atoms with E-state index in [-0.39, 0.29) is 0 Å². The molecular weight excluding hydrogens is 254 g/mol. The molecule has 1 saturated heterocycles. The monoisotopic (exact) mass is 267 g/mol. The number of H-pyrrole nitrogens is 1. The topological polar surface area (TPSA) is 133 Å². The highest BCUT2D eigenvalue weighted by molar-refractivity contribution is 4.96. The van der Waals surface area contributed by atoms with Crippen molar-refractivity contribution in [2.45, 2.75) is 37.8 Å². The smallest absolute Gasteiger partial charge is 0.330 e. The second-order valence-electron chi connectivity index (χ2n) is 4.18. The van der Waals surface area contributed by atoms with Crippen LogP contribution in [-0.4, -0.2) is 32.9 Å². The molecule has 0 spiro atoms. The number of aromatic nitrogens is 2. The molecule has 1 aromatic heterocycles. The third kappa shape index (κ3) is 2.39. The Morgan fingerprint density at radius 3 is 2.95 bits per heavy atom. The van der Waals surface area contributed by atoms with Crippen molar-refractivity contribution in [2.75, 3.05) is 0 Å². The number of aliphatic hydroxyl groups is 1. The van der Waals surface area contributed by atoms with Gasteiger partial charge in [-0.25, -0.2) is 4.79 Å². The van der Waals surface area contributed by atoms with Crippen LogP contribution >= 0.6 is 0 Å². The number of hydrogen-bond donors (Lipinski definition) is 2. The first kappa shape index (κ1) is 13.3. The number of nitrogens with zero attached hydrogens (tertiary/aromatic N) is 4. The molecule has 1 aliphatic heterocycles. The van der Waals surface area contributed by atoms with Crippen LogP contribution in [0.1, 0.15) is 19.6 Å². The fourth-order valence-corrected chi connectivity index (χ4v) is 2.13. The minimum absolute atomic E-state index is 0.477. The molecule has 4 atom stereocenters. The first-order valence-corrected chi connectivity index (χ1v) is 5.77. The summed E-state index contributed by atoms with van der Waals surface area (Å²) >= 11 is 0.